The highest BCUT2D eigenvalue weighted by Gasteiger charge is 2.36. The van der Waals surface area contributed by atoms with Crippen LogP contribution < -0.4 is 0 Å². The average Bonchev–Trinajstić information content (AvgIpc) is 2.97. The second-order valence-electron chi connectivity index (χ2n) is 6.04. The topological polar surface area (TPSA) is 87.3 Å². The number of benzene rings is 1. The minimum Gasteiger partial charge on any atom is -0.461 e. The van der Waals surface area contributed by atoms with Crippen LogP contribution in [-0.2, 0) is 11.8 Å². The summed E-state index contributed by atoms with van der Waals surface area (Å²) < 4.78 is 6.59. The lowest BCUT2D eigenvalue weighted by molar-refractivity contribution is -0.384. The number of esters is 1. The van der Waals surface area contributed by atoms with Gasteiger partial charge in [-0.3, -0.25) is 15.1 Å². The van der Waals surface area contributed by atoms with Gasteiger partial charge in [0.15, 0.2) is 0 Å². The number of aryl methyl sites for hydroxylation is 1. The van der Waals surface area contributed by atoms with Crippen molar-refractivity contribution in [3.63, 3.8) is 0 Å². The van der Waals surface area contributed by atoms with Gasteiger partial charge >= 0.3 is 11.7 Å². The van der Waals surface area contributed by atoms with Crippen molar-refractivity contribution in [2.75, 3.05) is 6.61 Å². The minimum absolute atomic E-state index is 0.0990. The van der Waals surface area contributed by atoms with Crippen molar-refractivity contribution in [2.24, 2.45) is 7.05 Å². The number of carbonyl (C=O) groups is 1. The lowest BCUT2D eigenvalue weighted by Crippen LogP contribution is -2.12. The standard InChI is InChI=1S/C20H19N3O4/c1-4-27-20(24)19-18(23(25)26)16(15-7-5-6-12-21-15)17(22(19)3)14-10-8-13(2)9-11-14/h5-12H,4H2,1-3H3. The number of aromatic nitrogens is 2. The number of pyridine rings is 1. The first-order valence-electron chi connectivity index (χ1n) is 8.48. The molecule has 2 aromatic heterocycles. The molecule has 0 aliphatic heterocycles. The van der Waals surface area contributed by atoms with Crippen LogP contribution in [-0.4, -0.2) is 27.1 Å². The van der Waals surface area contributed by atoms with E-state index in [4.69, 9.17) is 4.74 Å². The van der Waals surface area contributed by atoms with Gasteiger partial charge in [0.25, 0.3) is 0 Å². The lowest BCUT2D eigenvalue weighted by Gasteiger charge is -2.08. The summed E-state index contributed by atoms with van der Waals surface area (Å²) in [7, 11) is 1.63. The Morgan fingerprint density at radius 2 is 1.93 bits per heavy atom. The molecule has 7 nitrogen and oxygen atoms in total. The van der Waals surface area contributed by atoms with Gasteiger partial charge in [0.1, 0.15) is 5.56 Å². The first-order valence-corrected chi connectivity index (χ1v) is 8.48. The molecule has 27 heavy (non-hydrogen) atoms. The third kappa shape index (κ3) is 3.31. The zero-order valence-electron chi connectivity index (χ0n) is 15.3. The van der Waals surface area contributed by atoms with E-state index < -0.39 is 10.9 Å². The van der Waals surface area contributed by atoms with Crippen LogP contribution in [0.2, 0.25) is 0 Å². The first-order chi connectivity index (χ1) is 13.0. The fourth-order valence-corrected chi connectivity index (χ4v) is 3.08. The quantitative estimate of drug-likeness (QED) is 0.385. The van der Waals surface area contributed by atoms with Crippen molar-refractivity contribution in [3.8, 4) is 22.5 Å². The summed E-state index contributed by atoms with van der Waals surface area (Å²) in [6, 6.07) is 12.7. The Balaban J connectivity index is 2.40. The Hall–Kier alpha value is -3.48. The van der Waals surface area contributed by atoms with Crippen molar-refractivity contribution in [1.82, 2.24) is 9.55 Å². The Morgan fingerprint density at radius 1 is 1.22 bits per heavy atom. The van der Waals surface area contributed by atoms with E-state index in [0.29, 0.717) is 17.0 Å². The van der Waals surface area contributed by atoms with Crippen molar-refractivity contribution >= 4 is 11.7 Å². The Bertz CT molecular complexity index is 992. The minimum atomic E-state index is -0.734. The maximum Gasteiger partial charge on any atom is 0.362 e. The van der Waals surface area contributed by atoms with Crippen LogP contribution in [0, 0.1) is 17.0 Å². The molecule has 0 saturated carbocycles. The van der Waals surface area contributed by atoms with Crippen molar-refractivity contribution in [2.45, 2.75) is 13.8 Å². The normalized spacial score (nSPS) is 10.6. The molecule has 0 atom stereocenters. The predicted octanol–water partition coefficient (Wildman–Crippen LogP) is 4.15. The Labute approximate surface area is 156 Å². The van der Waals surface area contributed by atoms with Gasteiger partial charge < -0.3 is 9.30 Å². The fourth-order valence-electron chi connectivity index (χ4n) is 3.08. The van der Waals surface area contributed by atoms with E-state index in [-0.39, 0.29) is 18.0 Å². The largest absolute Gasteiger partial charge is 0.461 e. The number of hydrogen-bond donors (Lipinski definition) is 0. The number of hydrogen-bond acceptors (Lipinski definition) is 5. The smallest absolute Gasteiger partial charge is 0.362 e. The summed E-state index contributed by atoms with van der Waals surface area (Å²) in [5.74, 6) is -0.734. The Morgan fingerprint density at radius 3 is 2.48 bits per heavy atom. The van der Waals surface area contributed by atoms with E-state index in [1.54, 1.807) is 38.4 Å². The lowest BCUT2D eigenvalue weighted by atomic mass is 10.0. The molecule has 0 aliphatic rings. The van der Waals surface area contributed by atoms with Crippen LogP contribution in [0.15, 0.2) is 48.7 Å². The number of carbonyl (C=O) groups excluding carboxylic acids is 1. The molecule has 0 saturated heterocycles. The second-order valence-corrected chi connectivity index (χ2v) is 6.04. The second kappa shape index (κ2) is 7.41. The molecule has 0 N–H and O–H groups in total. The molecule has 0 radical (unpaired) electrons. The maximum absolute atomic E-state index is 12.5. The van der Waals surface area contributed by atoms with Crippen molar-refractivity contribution in [1.29, 1.82) is 0 Å². The van der Waals surface area contributed by atoms with Gasteiger partial charge in [-0.1, -0.05) is 35.9 Å². The van der Waals surface area contributed by atoms with E-state index in [9.17, 15) is 14.9 Å². The van der Waals surface area contributed by atoms with Gasteiger partial charge in [-0.2, -0.15) is 0 Å². The highest BCUT2D eigenvalue weighted by Crippen LogP contribution is 2.43. The van der Waals surface area contributed by atoms with Crippen LogP contribution in [0.4, 0.5) is 5.69 Å². The van der Waals surface area contributed by atoms with Crippen LogP contribution >= 0.6 is 0 Å². The molecule has 0 amide bonds. The Kier molecular flexibility index (Phi) is 5.03. The summed E-state index contributed by atoms with van der Waals surface area (Å²) in [6.07, 6.45) is 1.56. The summed E-state index contributed by atoms with van der Waals surface area (Å²) in [6.45, 7) is 3.74. The van der Waals surface area contributed by atoms with E-state index >= 15 is 0 Å². The highest BCUT2D eigenvalue weighted by atomic mass is 16.6. The molecular formula is C20H19N3O4. The van der Waals surface area contributed by atoms with Gasteiger partial charge in [-0.25, -0.2) is 4.79 Å². The summed E-state index contributed by atoms with van der Waals surface area (Å²) >= 11 is 0. The first kappa shape index (κ1) is 18.3. The molecule has 0 aliphatic carbocycles. The molecule has 7 heteroatoms. The maximum atomic E-state index is 12.5. The van der Waals surface area contributed by atoms with Crippen LogP contribution in [0.5, 0.6) is 0 Å². The molecule has 2 heterocycles. The van der Waals surface area contributed by atoms with Gasteiger partial charge in [0.05, 0.1) is 22.9 Å². The van der Waals surface area contributed by atoms with Gasteiger partial charge in [0, 0.05) is 13.2 Å². The summed E-state index contributed by atoms with van der Waals surface area (Å²) in [5, 5.41) is 11.9. The number of rotatable bonds is 5. The van der Waals surface area contributed by atoms with Crippen LogP contribution in [0.1, 0.15) is 23.0 Å². The zero-order chi connectivity index (χ0) is 19.6. The number of nitro groups is 1. The third-order valence-electron chi connectivity index (χ3n) is 4.27. The van der Waals surface area contributed by atoms with Crippen molar-refractivity contribution in [3.05, 3.63) is 70.0 Å². The van der Waals surface area contributed by atoms with Gasteiger partial charge in [0.2, 0.25) is 5.69 Å². The molecule has 3 rings (SSSR count). The molecule has 138 valence electrons. The molecule has 1 aromatic carbocycles. The highest BCUT2D eigenvalue weighted by molar-refractivity contribution is 6.01. The van der Waals surface area contributed by atoms with E-state index in [2.05, 4.69) is 4.98 Å². The SMILES string of the molecule is CCOC(=O)c1c([N+](=O)[O-])c(-c2ccccn2)c(-c2ccc(C)cc2)n1C. The van der Waals surface area contributed by atoms with Crippen LogP contribution in [0.25, 0.3) is 22.5 Å². The zero-order valence-corrected chi connectivity index (χ0v) is 15.3. The molecule has 0 spiro atoms. The average molecular weight is 365 g/mol. The molecule has 0 bridgehead atoms. The van der Waals surface area contributed by atoms with Gasteiger partial charge in [-0.15, -0.1) is 0 Å². The van der Waals surface area contributed by atoms with E-state index in [0.717, 1.165) is 11.1 Å². The fraction of sp³-hybridized carbons (Fsp3) is 0.200. The van der Waals surface area contributed by atoms with Crippen LogP contribution in [0.3, 0.4) is 0 Å². The summed E-state index contributed by atoms with van der Waals surface area (Å²) in [4.78, 5) is 28.2. The third-order valence-corrected chi connectivity index (χ3v) is 4.27. The number of ether oxygens (including phenoxy) is 1. The molecule has 3 aromatic rings. The monoisotopic (exact) mass is 365 g/mol. The van der Waals surface area contributed by atoms with Crippen molar-refractivity contribution < 1.29 is 14.5 Å². The summed E-state index contributed by atoms with van der Waals surface area (Å²) in [5.41, 5.74) is 2.68. The number of nitrogens with zero attached hydrogens (tertiary/aromatic N) is 3. The molecular weight excluding hydrogens is 346 g/mol. The molecule has 0 unspecified atom stereocenters. The molecule has 0 fully saturated rings. The van der Waals surface area contributed by atoms with Gasteiger partial charge in [-0.05, 0) is 31.5 Å². The van der Waals surface area contributed by atoms with E-state index in [1.807, 2.05) is 31.2 Å². The van der Waals surface area contributed by atoms with E-state index in [1.165, 1.54) is 4.57 Å². The predicted molar refractivity (Wildman–Crippen MR) is 101 cm³/mol.